The summed E-state index contributed by atoms with van der Waals surface area (Å²) in [5.41, 5.74) is 1.35. The predicted molar refractivity (Wildman–Crippen MR) is 79.7 cm³/mol. The highest BCUT2D eigenvalue weighted by Gasteiger charge is 2.24. The van der Waals surface area contributed by atoms with Crippen LogP contribution < -0.4 is 5.32 Å². The Morgan fingerprint density at radius 1 is 1.24 bits per heavy atom. The second-order valence-corrected chi connectivity index (χ2v) is 6.56. The number of rotatable bonds is 3. The Balaban J connectivity index is 1.77. The third kappa shape index (κ3) is 2.97. The van der Waals surface area contributed by atoms with E-state index in [1.54, 1.807) is 0 Å². The predicted octanol–water partition coefficient (Wildman–Crippen LogP) is 3.17. The van der Waals surface area contributed by atoms with Gasteiger partial charge in [0, 0.05) is 17.9 Å². The van der Waals surface area contributed by atoms with Crippen molar-refractivity contribution in [3.63, 3.8) is 0 Å². The number of anilines is 1. The molecule has 3 rings (SSSR count). The molecule has 2 aromatic rings. The van der Waals surface area contributed by atoms with Crippen LogP contribution in [0.1, 0.15) is 65.8 Å². The van der Waals surface area contributed by atoms with E-state index in [-0.39, 0.29) is 5.91 Å². The Morgan fingerprint density at radius 3 is 2.81 bits per heavy atom. The number of amides is 1. The zero-order valence-corrected chi connectivity index (χ0v) is 13.0. The van der Waals surface area contributed by atoms with Gasteiger partial charge >= 0.3 is 0 Å². The molecule has 2 heterocycles. The lowest BCUT2D eigenvalue weighted by atomic mass is 10.1. The van der Waals surface area contributed by atoms with Gasteiger partial charge in [-0.2, -0.15) is 0 Å². The van der Waals surface area contributed by atoms with E-state index in [2.05, 4.69) is 20.7 Å². The van der Waals surface area contributed by atoms with E-state index < -0.39 is 0 Å². The normalized spacial score (nSPS) is 14.8. The zero-order chi connectivity index (χ0) is 14.8. The molecular formula is C14H18N4O2S. The first-order valence-electron chi connectivity index (χ1n) is 7.27. The Bertz CT molecular complexity index is 647. The Morgan fingerprint density at radius 2 is 2.05 bits per heavy atom. The van der Waals surface area contributed by atoms with Crippen molar-refractivity contribution in [2.24, 2.45) is 0 Å². The summed E-state index contributed by atoms with van der Waals surface area (Å²) in [7, 11) is 0. The molecule has 0 saturated carbocycles. The molecule has 7 heteroatoms. The maximum atomic E-state index is 12.3. The van der Waals surface area contributed by atoms with Crippen LogP contribution in [0.15, 0.2) is 4.52 Å². The molecule has 2 aromatic heterocycles. The second-order valence-electron chi connectivity index (χ2n) is 5.55. The lowest BCUT2D eigenvalue weighted by Gasteiger charge is -2.00. The highest BCUT2D eigenvalue weighted by atomic mass is 32.1. The first-order chi connectivity index (χ1) is 10.1. The van der Waals surface area contributed by atoms with Gasteiger partial charge in [-0.1, -0.05) is 36.8 Å². The SMILES string of the molecule is CC(C)c1nnc(NC(=O)c2noc3c2CCCCC3)s1. The molecule has 1 amide bonds. The van der Waals surface area contributed by atoms with Gasteiger partial charge in [0.15, 0.2) is 5.69 Å². The third-order valence-corrected chi connectivity index (χ3v) is 4.71. The van der Waals surface area contributed by atoms with Gasteiger partial charge in [0.1, 0.15) is 10.8 Å². The van der Waals surface area contributed by atoms with Gasteiger partial charge in [-0.25, -0.2) is 0 Å². The number of fused-ring (bicyclic) bond motifs is 1. The van der Waals surface area contributed by atoms with Crippen molar-refractivity contribution in [3.8, 4) is 0 Å². The number of carbonyl (C=O) groups is 1. The summed E-state index contributed by atoms with van der Waals surface area (Å²) in [5.74, 6) is 0.905. The summed E-state index contributed by atoms with van der Waals surface area (Å²) >= 11 is 1.40. The van der Waals surface area contributed by atoms with Crippen LogP contribution in [0.5, 0.6) is 0 Å². The first kappa shape index (κ1) is 14.2. The molecule has 21 heavy (non-hydrogen) atoms. The van der Waals surface area contributed by atoms with Crippen LogP contribution >= 0.6 is 11.3 Å². The molecule has 0 atom stereocenters. The second kappa shape index (κ2) is 5.93. The highest BCUT2D eigenvalue weighted by Crippen LogP contribution is 2.26. The van der Waals surface area contributed by atoms with Crippen LogP contribution in [-0.4, -0.2) is 21.3 Å². The quantitative estimate of drug-likeness (QED) is 0.881. The fourth-order valence-corrected chi connectivity index (χ4v) is 3.16. The molecule has 6 nitrogen and oxygen atoms in total. The van der Waals surface area contributed by atoms with Gasteiger partial charge in [0.05, 0.1) is 0 Å². The monoisotopic (exact) mass is 306 g/mol. The van der Waals surface area contributed by atoms with Crippen LogP contribution in [0, 0.1) is 0 Å². The van der Waals surface area contributed by atoms with E-state index in [0.29, 0.717) is 16.7 Å². The molecule has 112 valence electrons. The van der Waals surface area contributed by atoms with Gasteiger partial charge in [-0.3, -0.25) is 10.1 Å². The van der Waals surface area contributed by atoms with Crippen LogP contribution in [0.2, 0.25) is 0 Å². The smallest absolute Gasteiger partial charge is 0.279 e. The van der Waals surface area contributed by atoms with Crippen LogP contribution in [0.4, 0.5) is 5.13 Å². The van der Waals surface area contributed by atoms with Crippen LogP contribution in [-0.2, 0) is 12.8 Å². The van der Waals surface area contributed by atoms with E-state index in [9.17, 15) is 4.79 Å². The molecule has 0 radical (unpaired) electrons. The van der Waals surface area contributed by atoms with Crippen LogP contribution in [0.3, 0.4) is 0 Å². The van der Waals surface area contributed by atoms with Gasteiger partial charge < -0.3 is 4.52 Å². The minimum atomic E-state index is -0.256. The number of aromatic nitrogens is 3. The topological polar surface area (TPSA) is 80.9 Å². The van der Waals surface area contributed by atoms with Crippen molar-refractivity contribution >= 4 is 22.4 Å². The zero-order valence-electron chi connectivity index (χ0n) is 12.2. The molecule has 1 N–H and O–H groups in total. The maximum absolute atomic E-state index is 12.3. The van der Waals surface area contributed by atoms with Gasteiger partial charge in [-0.15, -0.1) is 10.2 Å². The number of nitrogens with one attached hydrogen (secondary N) is 1. The molecule has 1 aliphatic carbocycles. The summed E-state index contributed by atoms with van der Waals surface area (Å²) < 4.78 is 5.33. The van der Waals surface area contributed by atoms with Crippen molar-refractivity contribution in [1.29, 1.82) is 0 Å². The van der Waals surface area contributed by atoms with Crippen molar-refractivity contribution in [3.05, 3.63) is 22.0 Å². The number of nitrogens with zero attached hydrogens (tertiary/aromatic N) is 3. The molecule has 0 aliphatic heterocycles. The molecule has 1 aliphatic rings. The Hall–Kier alpha value is -1.76. The number of aryl methyl sites for hydroxylation is 1. The van der Waals surface area contributed by atoms with Gasteiger partial charge in [0.25, 0.3) is 5.91 Å². The molecule has 0 aromatic carbocycles. The van der Waals surface area contributed by atoms with Crippen molar-refractivity contribution in [2.45, 2.75) is 51.9 Å². The van der Waals surface area contributed by atoms with Gasteiger partial charge in [-0.05, 0) is 19.3 Å². The number of hydrogen-bond donors (Lipinski definition) is 1. The standard InChI is InChI=1S/C14H18N4O2S/c1-8(2)13-16-17-14(21-13)15-12(19)11-9-6-4-3-5-7-10(9)20-18-11/h8H,3-7H2,1-2H3,(H,15,17,19). The Kier molecular flexibility index (Phi) is 4.01. The third-order valence-electron chi connectivity index (χ3n) is 3.57. The van der Waals surface area contributed by atoms with Crippen molar-refractivity contribution in [1.82, 2.24) is 15.4 Å². The summed E-state index contributed by atoms with van der Waals surface area (Å²) in [6, 6.07) is 0. The van der Waals surface area contributed by atoms with Crippen LogP contribution in [0.25, 0.3) is 0 Å². The van der Waals surface area contributed by atoms with E-state index in [4.69, 9.17) is 4.52 Å². The lowest BCUT2D eigenvalue weighted by molar-refractivity contribution is 0.101. The average Bonchev–Trinajstić information content (AvgIpc) is 3.01. The van der Waals surface area contributed by atoms with E-state index in [0.717, 1.165) is 42.0 Å². The summed E-state index contributed by atoms with van der Waals surface area (Å²) in [5, 5.41) is 16.2. The number of carbonyl (C=O) groups excluding carboxylic acids is 1. The van der Waals surface area contributed by atoms with Crippen molar-refractivity contribution in [2.75, 3.05) is 5.32 Å². The molecule has 0 unspecified atom stereocenters. The average molecular weight is 306 g/mol. The molecule has 0 bridgehead atoms. The van der Waals surface area contributed by atoms with Gasteiger partial charge in [0.2, 0.25) is 5.13 Å². The lowest BCUT2D eigenvalue weighted by Crippen LogP contribution is -2.14. The van der Waals surface area contributed by atoms with E-state index in [1.807, 2.05) is 13.8 Å². The summed E-state index contributed by atoms with van der Waals surface area (Å²) in [6.07, 6.45) is 5.06. The molecular weight excluding hydrogens is 288 g/mol. The highest BCUT2D eigenvalue weighted by molar-refractivity contribution is 7.15. The first-order valence-corrected chi connectivity index (χ1v) is 8.09. The summed E-state index contributed by atoms with van der Waals surface area (Å²) in [6.45, 7) is 4.09. The maximum Gasteiger partial charge on any atom is 0.279 e. The van der Waals surface area contributed by atoms with Crippen molar-refractivity contribution < 1.29 is 9.32 Å². The summed E-state index contributed by atoms with van der Waals surface area (Å²) in [4.78, 5) is 12.3. The van der Waals surface area contributed by atoms with E-state index in [1.165, 1.54) is 17.8 Å². The number of hydrogen-bond acceptors (Lipinski definition) is 6. The van der Waals surface area contributed by atoms with E-state index >= 15 is 0 Å². The Labute approximate surface area is 126 Å². The molecule has 0 saturated heterocycles. The fraction of sp³-hybridized carbons (Fsp3) is 0.571. The molecule has 0 spiro atoms. The largest absolute Gasteiger partial charge is 0.360 e. The minimum absolute atomic E-state index is 0.256. The minimum Gasteiger partial charge on any atom is -0.360 e. The molecule has 0 fully saturated rings. The fourth-order valence-electron chi connectivity index (χ4n) is 2.41.